The summed E-state index contributed by atoms with van der Waals surface area (Å²) in [4.78, 5) is 22.8. The first kappa shape index (κ1) is 20.4. The van der Waals surface area contributed by atoms with Crippen molar-refractivity contribution in [1.29, 1.82) is 0 Å². The topological polar surface area (TPSA) is 46.2 Å². The molecular formula is C19H20F3NO2. The van der Waals surface area contributed by atoms with E-state index in [-0.39, 0.29) is 12.0 Å². The lowest BCUT2D eigenvalue weighted by Gasteiger charge is -2.12. The Morgan fingerprint density at radius 2 is 1.64 bits per heavy atom. The predicted octanol–water partition coefficient (Wildman–Crippen LogP) is 5.41. The van der Waals surface area contributed by atoms with Gasteiger partial charge in [0.25, 0.3) is 5.91 Å². The Kier molecular flexibility index (Phi) is 6.91. The van der Waals surface area contributed by atoms with Crippen molar-refractivity contribution >= 4 is 17.9 Å². The van der Waals surface area contributed by atoms with Gasteiger partial charge in [0.15, 0.2) is 6.29 Å². The van der Waals surface area contributed by atoms with Gasteiger partial charge in [-0.3, -0.25) is 9.59 Å². The average molecular weight is 351 g/mol. The fourth-order valence-electron chi connectivity index (χ4n) is 2.07. The van der Waals surface area contributed by atoms with Crippen molar-refractivity contribution in [2.75, 3.05) is 5.32 Å². The summed E-state index contributed by atoms with van der Waals surface area (Å²) in [5.41, 5.74) is 0.695. The normalized spacial score (nSPS) is 10.5. The summed E-state index contributed by atoms with van der Waals surface area (Å²) < 4.78 is 38.7. The highest BCUT2D eigenvalue weighted by atomic mass is 19.4. The van der Waals surface area contributed by atoms with Crippen molar-refractivity contribution in [3.63, 3.8) is 0 Å². The van der Waals surface area contributed by atoms with Gasteiger partial charge in [0.1, 0.15) is 0 Å². The smallest absolute Gasteiger partial charge is 0.322 e. The summed E-state index contributed by atoms with van der Waals surface area (Å²) in [5, 5.41) is 2.41. The van der Waals surface area contributed by atoms with Crippen molar-refractivity contribution < 1.29 is 22.8 Å². The number of aryl methyl sites for hydroxylation is 2. The molecule has 0 aliphatic carbocycles. The molecule has 0 bridgehead atoms. The van der Waals surface area contributed by atoms with Gasteiger partial charge in [-0.1, -0.05) is 19.9 Å². The Bertz CT molecular complexity index is 768. The zero-order valence-electron chi connectivity index (χ0n) is 14.5. The molecule has 6 heteroatoms. The molecule has 0 aromatic heterocycles. The van der Waals surface area contributed by atoms with Crippen molar-refractivity contribution in [3.8, 4) is 0 Å². The highest BCUT2D eigenvalue weighted by Gasteiger charge is 2.33. The Morgan fingerprint density at radius 1 is 1.00 bits per heavy atom. The van der Waals surface area contributed by atoms with Crippen molar-refractivity contribution in [2.45, 2.75) is 33.9 Å². The van der Waals surface area contributed by atoms with Crippen molar-refractivity contribution in [2.24, 2.45) is 0 Å². The minimum absolute atomic E-state index is 0.0221. The Labute approximate surface area is 144 Å². The summed E-state index contributed by atoms with van der Waals surface area (Å²) in [7, 11) is 0. The third-order valence-electron chi connectivity index (χ3n) is 3.51. The molecule has 3 nitrogen and oxygen atoms in total. The van der Waals surface area contributed by atoms with E-state index in [1.165, 1.54) is 6.07 Å². The van der Waals surface area contributed by atoms with Gasteiger partial charge in [-0.25, -0.2) is 0 Å². The third-order valence-corrected chi connectivity index (χ3v) is 3.51. The van der Waals surface area contributed by atoms with Crippen molar-refractivity contribution in [3.05, 3.63) is 64.2 Å². The molecule has 1 amide bonds. The van der Waals surface area contributed by atoms with Crippen LogP contribution in [0.2, 0.25) is 0 Å². The number of amides is 1. The van der Waals surface area contributed by atoms with Crippen LogP contribution in [0.1, 0.15) is 51.3 Å². The van der Waals surface area contributed by atoms with Crippen LogP contribution >= 0.6 is 0 Å². The monoisotopic (exact) mass is 351 g/mol. The van der Waals surface area contributed by atoms with Gasteiger partial charge in [0.2, 0.25) is 0 Å². The summed E-state index contributed by atoms with van der Waals surface area (Å²) in [6, 6.07) is 8.07. The first-order valence-electron chi connectivity index (χ1n) is 7.77. The maximum absolute atomic E-state index is 12.9. The summed E-state index contributed by atoms with van der Waals surface area (Å²) >= 11 is 0. The second kappa shape index (κ2) is 8.46. The maximum atomic E-state index is 12.9. The zero-order chi connectivity index (χ0) is 19.2. The highest BCUT2D eigenvalue weighted by Crippen LogP contribution is 2.33. The molecule has 2 aromatic carbocycles. The lowest BCUT2D eigenvalue weighted by Crippen LogP contribution is -2.14. The quantitative estimate of drug-likeness (QED) is 0.751. The van der Waals surface area contributed by atoms with Gasteiger partial charge < -0.3 is 5.32 Å². The maximum Gasteiger partial charge on any atom is 0.417 e. The van der Waals surface area contributed by atoms with Crippen LogP contribution < -0.4 is 5.32 Å². The third kappa shape index (κ3) is 5.17. The van der Waals surface area contributed by atoms with E-state index in [0.717, 1.165) is 23.3 Å². The van der Waals surface area contributed by atoms with E-state index in [0.29, 0.717) is 5.56 Å². The van der Waals surface area contributed by atoms with Gasteiger partial charge in [0.05, 0.1) is 5.56 Å². The molecule has 0 unspecified atom stereocenters. The molecular weight excluding hydrogens is 331 g/mol. The predicted molar refractivity (Wildman–Crippen MR) is 92.0 cm³/mol. The van der Waals surface area contributed by atoms with Crippen LogP contribution in [0, 0.1) is 13.8 Å². The lowest BCUT2D eigenvalue weighted by atomic mass is 10.0. The fourth-order valence-corrected chi connectivity index (χ4v) is 2.07. The number of halogens is 3. The molecule has 0 fully saturated rings. The Morgan fingerprint density at radius 3 is 2.16 bits per heavy atom. The van der Waals surface area contributed by atoms with Gasteiger partial charge >= 0.3 is 6.18 Å². The number of aldehydes is 1. The van der Waals surface area contributed by atoms with Crippen LogP contribution in [0.4, 0.5) is 18.9 Å². The van der Waals surface area contributed by atoms with Gasteiger partial charge in [-0.15, -0.1) is 0 Å². The van der Waals surface area contributed by atoms with Gasteiger partial charge in [-0.05, 0) is 55.3 Å². The fraction of sp³-hybridized carbons (Fsp3) is 0.263. The molecule has 2 aromatic rings. The zero-order valence-corrected chi connectivity index (χ0v) is 14.5. The summed E-state index contributed by atoms with van der Waals surface area (Å²) in [6.07, 6.45) is -4.53. The van der Waals surface area contributed by atoms with Gasteiger partial charge in [-0.2, -0.15) is 13.2 Å². The molecule has 0 heterocycles. The first-order valence-corrected chi connectivity index (χ1v) is 7.77. The van der Waals surface area contributed by atoms with Crippen LogP contribution in [-0.2, 0) is 6.18 Å². The van der Waals surface area contributed by atoms with E-state index in [9.17, 15) is 22.8 Å². The van der Waals surface area contributed by atoms with Crippen LogP contribution in [0.3, 0.4) is 0 Å². The van der Waals surface area contributed by atoms with Crippen LogP contribution in [0.15, 0.2) is 36.4 Å². The SMILES string of the molecule is CC.Cc1ccc(C(=O)Nc2ccc(C=O)c(C(F)(F)F)c2)cc1C. The number of benzene rings is 2. The molecule has 1 N–H and O–H groups in total. The molecule has 25 heavy (non-hydrogen) atoms. The van der Waals surface area contributed by atoms with E-state index in [4.69, 9.17) is 0 Å². The molecule has 0 aliphatic heterocycles. The molecule has 2 rings (SSSR count). The number of carbonyl (C=O) groups excluding carboxylic acids is 2. The standard InChI is InChI=1S/C17H14F3NO2.C2H6/c1-10-3-4-12(7-11(10)2)16(23)21-14-6-5-13(9-22)15(8-14)17(18,19)20;1-2/h3-9H,1-2H3,(H,21,23);1-2H3. The van der Waals surface area contributed by atoms with Crippen molar-refractivity contribution in [1.82, 2.24) is 0 Å². The second-order valence-corrected chi connectivity index (χ2v) is 5.17. The number of hydrogen-bond donors (Lipinski definition) is 1. The average Bonchev–Trinajstić information content (AvgIpc) is 2.58. The molecule has 0 radical (unpaired) electrons. The number of hydrogen-bond acceptors (Lipinski definition) is 2. The van der Waals surface area contributed by atoms with E-state index in [1.54, 1.807) is 18.2 Å². The molecule has 0 aliphatic rings. The largest absolute Gasteiger partial charge is 0.417 e. The summed E-state index contributed by atoms with van der Waals surface area (Å²) in [6.45, 7) is 7.73. The van der Waals surface area contributed by atoms with Crippen LogP contribution in [0.25, 0.3) is 0 Å². The first-order chi connectivity index (χ1) is 11.7. The second-order valence-electron chi connectivity index (χ2n) is 5.17. The lowest BCUT2D eigenvalue weighted by molar-refractivity contribution is -0.137. The molecule has 0 saturated heterocycles. The molecule has 0 atom stereocenters. The van der Waals surface area contributed by atoms with Gasteiger partial charge in [0, 0.05) is 16.8 Å². The van der Waals surface area contributed by atoms with E-state index < -0.39 is 23.2 Å². The highest BCUT2D eigenvalue weighted by molar-refractivity contribution is 6.04. The Balaban J connectivity index is 0.00000151. The van der Waals surface area contributed by atoms with E-state index >= 15 is 0 Å². The molecule has 0 spiro atoms. The number of rotatable bonds is 3. The number of anilines is 1. The molecule has 0 saturated carbocycles. The van der Waals surface area contributed by atoms with E-state index in [1.807, 2.05) is 27.7 Å². The van der Waals surface area contributed by atoms with Crippen LogP contribution in [0.5, 0.6) is 0 Å². The van der Waals surface area contributed by atoms with Crippen LogP contribution in [-0.4, -0.2) is 12.2 Å². The molecule has 134 valence electrons. The number of carbonyl (C=O) groups is 2. The number of nitrogens with one attached hydrogen (secondary N) is 1. The minimum Gasteiger partial charge on any atom is -0.322 e. The Hall–Kier alpha value is -2.63. The van der Waals surface area contributed by atoms with E-state index in [2.05, 4.69) is 5.32 Å². The number of alkyl halides is 3. The minimum atomic E-state index is -4.67. The summed E-state index contributed by atoms with van der Waals surface area (Å²) in [5.74, 6) is -0.514.